The quantitative estimate of drug-likeness (QED) is 0.774. The monoisotopic (exact) mass is 216 g/mol. The highest BCUT2D eigenvalue weighted by Gasteiger charge is 2.09. The maximum atomic E-state index is 8.75. The molecular weight excluding hydrogens is 204 g/mol. The highest BCUT2D eigenvalue weighted by atomic mass is 16.5. The van der Waals surface area contributed by atoms with E-state index in [0.717, 1.165) is 0 Å². The van der Waals surface area contributed by atoms with Crippen LogP contribution in [0.2, 0.25) is 0 Å². The van der Waals surface area contributed by atoms with E-state index in [2.05, 4.69) is 0 Å². The van der Waals surface area contributed by atoms with Crippen LogP contribution in [0, 0.1) is 22.7 Å². The second-order valence-electron chi connectivity index (χ2n) is 3.10. The Morgan fingerprint density at radius 1 is 1.31 bits per heavy atom. The molecule has 16 heavy (non-hydrogen) atoms. The van der Waals surface area contributed by atoms with Crippen molar-refractivity contribution in [2.24, 2.45) is 0 Å². The Kier molecular flexibility index (Phi) is 4.17. The van der Waals surface area contributed by atoms with Crippen molar-refractivity contribution in [1.29, 1.82) is 10.5 Å². The summed E-state index contributed by atoms with van der Waals surface area (Å²) in [5, 5.41) is 17.4. The van der Waals surface area contributed by atoms with Crippen LogP contribution >= 0.6 is 0 Å². The molecule has 0 aromatic heterocycles. The van der Waals surface area contributed by atoms with Gasteiger partial charge in [0.15, 0.2) is 17.6 Å². The number of benzene rings is 1. The van der Waals surface area contributed by atoms with E-state index in [0.29, 0.717) is 23.7 Å². The van der Waals surface area contributed by atoms with Crippen molar-refractivity contribution in [3.63, 3.8) is 0 Å². The summed E-state index contributed by atoms with van der Waals surface area (Å²) in [6.45, 7) is 3.97. The van der Waals surface area contributed by atoms with Gasteiger partial charge in [-0.05, 0) is 26.0 Å². The zero-order valence-corrected chi connectivity index (χ0v) is 9.23. The molecule has 0 N–H and O–H groups in total. The molecule has 1 atom stereocenters. The fourth-order valence-corrected chi connectivity index (χ4v) is 1.16. The molecule has 0 bridgehead atoms. The van der Waals surface area contributed by atoms with Gasteiger partial charge in [0.05, 0.1) is 18.2 Å². The first kappa shape index (κ1) is 11.9. The molecule has 1 unspecified atom stereocenters. The molecule has 0 saturated carbocycles. The summed E-state index contributed by atoms with van der Waals surface area (Å²) in [7, 11) is 0. The van der Waals surface area contributed by atoms with Crippen molar-refractivity contribution >= 4 is 0 Å². The van der Waals surface area contributed by atoms with E-state index < -0.39 is 6.10 Å². The average molecular weight is 216 g/mol. The van der Waals surface area contributed by atoms with Crippen LogP contribution in [0.5, 0.6) is 11.5 Å². The normalized spacial score (nSPS) is 11.0. The van der Waals surface area contributed by atoms with Crippen molar-refractivity contribution in [3.8, 4) is 23.6 Å². The molecule has 1 rings (SSSR count). The molecule has 4 nitrogen and oxygen atoms in total. The molecule has 1 aromatic carbocycles. The van der Waals surface area contributed by atoms with E-state index in [4.69, 9.17) is 20.0 Å². The third-order valence-electron chi connectivity index (χ3n) is 1.86. The van der Waals surface area contributed by atoms with Crippen molar-refractivity contribution in [1.82, 2.24) is 0 Å². The number of ether oxygens (including phenoxy) is 2. The number of nitrogens with zero attached hydrogens (tertiary/aromatic N) is 2. The van der Waals surface area contributed by atoms with Gasteiger partial charge in [0.25, 0.3) is 0 Å². The second kappa shape index (κ2) is 5.63. The molecule has 4 heteroatoms. The summed E-state index contributed by atoms with van der Waals surface area (Å²) >= 11 is 0. The Hall–Kier alpha value is -2.20. The molecule has 0 heterocycles. The second-order valence-corrected chi connectivity index (χ2v) is 3.10. The van der Waals surface area contributed by atoms with E-state index in [9.17, 15) is 0 Å². The molecule has 0 amide bonds. The molecule has 0 saturated heterocycles. The number of hydrogen-bond acceptors (Lipinski definition) is 4. The van der Waals surface area contributed by atoms with Gasteiger partial charge >= 0.3 is 0 Å². The minimum atomic E-state index is -0.549. The third-order valence-corrected chi connectivity index (χ3v) is 1.86. The average Bonchev–Trinajstić information content (AvgIpc) is 2.31. The predicted octanol–water partition coefficient (Wildman–Crippen LogP) is 2.25. The largest absolute Gasteiger partial charge is 0.490 e. The van der Waals surface area contributed by atoms with Crippen LogP contribution in [0.1, 0.15) is 19.4 Å². The SMILES string of the molecule is CCOc1cc(C#N)ccc1OC(C)C#N. The van der Waals surface area contributed by atoms with Gasteiger partial charge in [-0.2, -0.15) is 10.5 Å². The topological polar surface area (TPSA) is 66.0 Å². The standard InChI is InChI=1S/C12H12N2O2/c1-3-15-12-6-10(8-14)4-5-11(12)16-9(2)7-13/h4-6,9H,3H2,1-2H3. The fourth-order valence-electron chi connectivity index (χ4n) is 1.16. The van der Waals surface area contributed by atoms with Crippen molar-refractivity contribution < 1.29 is 9.47 Å². The van der Waals surface area contributed by atoms with E-state index in [1.54, 1.807) is 25.1 Å². The zero-order valence-electron chi connectivity index (χ0n) is 9.23. The minimum Gasteiger partial charge on any atom is -0.490 e. The summed E-state index contributed by atoms with van der Waals surface area (Å²) in [6.07, 6.45) is -0.549. The van der Waals surface area contributed by atoms with Crippen LogP contribution in [0.4, 0.5) is 0 Å². The van der Waals surface area contributed by atoms with Crippen LogP contribution < -0.4 is 9.47 Å². The Balaban J connectivity index is 3.00. The Labute approximate surface area is 94.6 Å². The molecule has 0 fully saturated rings. The smallest absolute Gasteiger partial charge is 0.181 e. The van der Waals surface area contributed by atoms with Crippen LogP contribution in [0.15, 0.2) is 18.2 Å². The Morgan fingerprint density at radius 2 is 2.06 bits per heavy atom. The first-order chi connectivity index (χ1) is 7.71. The fraction of sp³-hybridized carbons (Fsp3) is 0.333. The molecule has 82 valence electrons. The van der Waals surface area contributed by atoms with Crippen LogP contribution in [-0.2, 0) is 0 Å². The molecule has 0 spiro atoms. The highest BCUT2D eigenvalue weighted by molar-refractivity contribution is 5.47. The molecule has 0 aliphatic rings. The van der Waals surface area contributed by atoms with Gasteiger partial charge in [0.2, 0.25) is 0 Å². The third kappa shape index (κ3) is 2.90. The maximum Gasteiger partial charge on any atom is 0.181 e. The first-order valence-corrected chi connectivity index (χ1v) is 4.94. The minimum absolute atomic E-state index is 0.478. The molecule has 0 aliphatic carbocycles. The van der Waals surface area contributed by atoms with Gasteiger partial charge in [-0.3, -0.25) is 0 Å². The maximum absolute atomic E-state index is 8.75. The van der Waals surface area contributed by atoms with Gasteiger partial charge in [-0.1, -0.05) is 0 Å². The predicted molar refractivity (Wildman–Crippen MR) is 58.0 cm³/mol. The van der Waals surface area contributed by atoms with Gasteiger partial charge in [0, 0.05) is 6.07 Å². The first-order valence-electron chi connectivity index (χ1n) is 4.94. The lowest BCUT2D eigenvalue weighted by atomic mass is 10.2. The Morgan fingerprint density at radius 3 is 2.62 bits per heavy atom. The molecule has 0 radical (unpaired) electrons. The van der Waals surface area contributed by atoms with Gasteiger partial charge in [-0.25, -0.2) is 0 Å². The van der Waals surface area contributed by atoms with Crippen molar-refractivity contribution in [2.45, 2.75) is 20.0 Å². The molecule has 0 aliphatic heterocycles. The number of rotatable bonds is 4. The lowest BCUT2D eigenvalue weighted by molar-refractivity contribution is 0.250. The van der Waals surface area contributed by atoms with Gasteiger partial charge < -0.3 is 9.47 Å². The lowest BCUT2D eigenvalue weighted by Crippen LogP contribution is -2.09. The van der Waals surface area contributed by atoms with Gasteiger partial charge in [-0.15, -0.1) is 0 Å². The van der Waals surface area contributed by atoms with Crippen molar-refractivity contribution in [2.75, 3.05) is 6.61 Å². The summed E-state index contributed by atoms with van der Waals surface area (Å²) in [4.78, 5) is 0. The van der Waals surface area contributed by atoms with E-state index in [1.807, 2.05) is 19.1 Å². The highest BCUT2D eigenvalue weighted by Crippen LogP contribution is 2.29. The molecular formula is C12H12N2O2. The van der Waals surface area contributed by atoms with Crippen LogP contribution in [-0.4, -0.2) is 12.7 Å². The van der Waals surface area contributed by atoms with Crippen molar-refractivity contribution in [3.05, 3.63) is 23.8 Å². The number of nitriles is 2. The van der Waals surface area contributed by atoms with E-state index >= 15 is 0 Å². The van der Waals surface area contributed by atoms with Crippen LogP contribution in [0.25, 0.3) is 0 Å². The van der Waals surface area contributed by atoms with Gasteiger partial charge in [0.1, 0.15) is 6.07 Å². The number of hydrogen-bond donors (Lipinski definition) is 0. The summed E-state index contributed by atoms with van der Waals surface area (Å²) < 4.78 is 10.7. The zero-order chi connectivity index (χ0) is 12.0. The van der Waals surface area contributed by atoms with E-state index in [-0.39, 0.29) is 0 Å². The summed E-state index contributed by atoms with van der Waals surface area (Å²) in [5.74, 6) is 0.971. The summed E-state index contributed by atoms with van der Waals surface area (Å²) in [5.41, 5.74) is 0.500. The lowest BCUT2D eigenvalue weighted by Gasteiger charge is -2.12. The van der Waals surface area contributed by atoms with E-state index in [1.165, 1.54) is 0 Å². The molecule has 1 aromatic rings. The summed E-state index contributed by atoms with van der Waals surface area (Å²) in [6, 6.07) is 8.85. The Bertz CT molecular complexity index is 443. The van der Waals surface area contributed by atoms with Crippen LogP contribution in [0.3, 0.4) is 0 Å².